The van der Waals surface area contributed by atoms with Gasteiger partial charge in [0.1, 0.15) is 12.4 Å². The van der Waals surface area contributed by atoms with Gasteiger partial charge in [0.15, 0.2) is 0 Å². The van der Waals surface area contributed by atoms with Gasteiger partial charge in [0, 0.05) is 6.42 Å². The van der Waals surface area contributed by atoms with Gasteiger partial charge in [0.05, 0.1) is 6.54 Å². The van der Waals surface area contributed by atoms with Crippen molar-refractivity contribution in [2.75, 3.05) is 13.2 Å². The molecular weight excluding hydrogens is 322 g/mol. The van der Waals surface area contributed by atoms with Crippen molar-refractivity contribution in [3.63, 3.8) is 0 Å². The van der Waals surface area contributed by atoms with Gasteiger partial charge >= 0.3 is 0 Å². The summed E-state index contributed by atoms with van der Waals surface area (Å²) in [6, 6.07) is 14.5. The summed E-state index contributed by atoms with van der Waals surface area (Å²) in [4.78, 5) is 12.0. The maximum Gasteiger partial charge on any atom is 0.220 e. The van der Waals surface area contributed by atoms with Crippen LogP contribution in [0.4, 0.5) is 0 Å². The van der Waals surface area contributed by atoms with Crippen LogP contribution in [0.2, 0.25) is 0 Å². The predicted molar refractivity (Wildman–Crippen MR) is 108 cm³/mol. The number of ether oxygens (including phenoxy) is 1. The summed E-state index contributed by atoms with van der Waals surface area (Å²) in [5, 5.41) is 2.92. The van der Waals surface area contributed by atoms with Gasteiger partial charge < -0.3 is 10.1 Å². The van der Waals surface area contributed by atoms with Gasteiger partial charge in [-0.25, -0.2) is 0 Å². The fourth-order valence-electron chi connectivity index (χ4n) is 2.72. The standard InChI is InChI=1S/C23H31NO2/c1-17-6-7-19(16-18(17)2)8-13-22(25)24-14-15-26-21-11-9-20(10-12-21)23(3,4)5/h6-7,9-12,16H,8,13-15H2,1-5H3,(H,24,25). The van der Waals surface area contributed by atoms with Crippen molar-refractivity contribution in [2.24, 2.45) is 0 Å². The van der Waals surface area contributed by atoms with E-state index in [0.29, 0.717) is 19.6 Å². The van der Waals surface area contributed by atoms with E-state index in [1.54, 1.807) is 0 Å². The lowest BCUT2D eigenvalue weighted by molar-refractivity contribution is -0.121. The second-order valence-electron chi connectivity index (χ2n) is 7.89. The zero-order chi connectivity index (χ0) is 19.2. The Labute approximate surface area is 157 Å². The topological polar surface area (TPSA) is 38.3 Å². The second kappa shape index (κ2) is 8.88. The number of amides is 1. The van der Waals surface area contributed by atoms with Crippen molar-refractivity contribution in [3.8, 4) is 5.75 Å². The fourth-order valence-corrected chi connectivity index (χ4v) is 2.72. The van der Waals surface area contributed by atoms with E-state index in [-0.39, 0.29) is 11.3 Å². The van der Waals surface area contributed by atoms with Gasteiger partial charge in [-0.05, 0) is 60.1 Å². The fraction of sp³-hybridized carbons (Fsp3) is 0.435. The molecule has 0 fully saturated rings. The molecule has 0 atom stereocenters. The SMILES string of the molecule is Cc1ccc(CCC(=O)NCCOc2ccc(C(C)(C)C)cc2)cc1C. The van der Waals surface area contributed by atoms with E-state index in [2.05, 4.69) is 70.3 Å². The summed E-state index contributed by atoms with van der Waals surface area (Å²) in [7, 11) is 0. The third-order valence-electron chi connectivity index (χ3n) is 4.63. The molecule has 0 saturated carbocycles. The first-order chi connectivity index (χ1) is 12.3. The molecule has 2 rings (SSSR count). The molecule has 0 radical (unpaired) electrons. The Balaban J connectivity index is 1.67. The van der Waals surface area contributed by atoms with Gasteiger partial charge in [-0.2, -0.15) is 0 Å². The molecule has 0 spiro atoms. The maximum atomic E-state index is 12.0. The molecule has 0 bridgehead atoms. The van der Waals surface area contributed by atoms with E-state index in [4.69, 9.17) is 4.74 Å². The van der Waals surface area contributed by atoms with Gasteiger partial charge in [-0.3, -0.25) is 4.79 Å². The largest absolute Gasteiger partial charge is 0.492 e. The van der Waals surface area contributed by atoms with Crippen molar-refractivity contribution < 1.29 is 9.53 Å². The number of hydrogen-bond acceptors (Lipinski definition) is 2. The van der Waals surface area contributed by atoms with Crippen LogP contribution in [0.5, 0.6) is 5.75 Å². The minimum Gasteiger partial charge on any atom is -0.492 e. The Kier molecular flexibility index (Phi) is 6.84. The third kappa shape index (κ3) is 6.21. The average Bonchev–Trinajstić information content (AvgIpc) is 2.59. The minimum atomic E-state index is 0.0647. The number of nitrogens with one attached hydrogen (secondary N) is 1. The normalized spacial score (nSPS) is 11.3. The Morgan fingerprint density at radius 1 is 1.00 bits per heavy atom. The molecule has 0 aromatic heterocycles. The number of benzene rings is 2. The molecular formula is C23H31NO2. The molecule has 0 saturated heterocycles. The predicted octanol–water partition coefficient (Wildman–Crippen LogP) is 4.73. The van der Waals surface area contributed by atoms with Crippen LogP contribution in [-0.2, 0) is 16.6 Å². The van der Waals surface area contributed by atoms with Crippen molar-refractivity contribution in [2.45, 2.75) is 52.9 Å². The first kappa shape index (κ1) is 20.0. The summed E-state index contributed by atoms with van der Waals surface area (Å²) in [6.07, 6.45) is 1.27. The molecule has 3 heteroatoms. The van der Waals surface area contributed by atoms with E-state index in [9.17, 15) is 4.79 Å². The number of rotatable bonds is 7. The molecule has 0 aliphatic heterocycles. The highest BCUT2D eigenvalue weighted by molar-refractivity contribution is 5.76. The van der Waals surface area contributed by atoms with Crippen LogP contribution >= 0.6 is 0 Å². The quantitative estimate of drug-likeness (QED) is 0.731. The molecule has 140 valence electrons. The Morgan fingerprint density at radius 2 is 1.69 bits per heavy atom. The van der Waals surface area contributed by atoms with Crippen LogP contribution in [-0.4, -0.2) is 19.1 Å². The van der Waals surface area contributed by atoms with Crippen LogP contribution in [0.25, 0.3) is 0 Å². The van der Waals surface area contributed by atoms with Gasteiger partial charge in [-0.1, -0.05) is 51.1 Å². The number of carbonyl (C=O) groups is 1. The average molecular weight is 354 g/mol. The van der Waals surface area contributed by atoms with Crippen molar-refractivity contribution in [3.05, 3.63) is 64.7 Å². The lowest BCUT2D eigenvalue weighted by Crippen LogP contribution is -2.28. The van der Waals surface area contributed by atoms with Gasteiger partial charge in [0.2, 0.25) is 5.91 Å². The van der Waals surface area contributed by atoms with E-state index in [0.717, 1.165) is 12.2 Å². The summed E-state index contributed by atoms with van der Waals surface area (Å²) in [5.74, 6) is 0.900. The zero-order valence-electron chi connectivity index (χ0n) is 16.7. The monoisotopic (exact) mass is 353 g/mol. The molecule has 3 nitrogen and oxygen atoms in total. The Morgan fingerprint density at radius 3 is 2.31 bits per heavy atom. The lowest BCUT2D eigenvalue weighted by atomic mass is 9.87. The minimum absolute atomic E-state index is 0.0647. The number of carbonyl (C=O) groups excluding carboxylic acids is 1. The molecule has 2 aromatic rings. The number of hydrogen-bond donors (Lipinski definition) is 1. The smallest absolute Gasteiger partial charge is 0.220 e. The van der Waals surface area contributed by atoms with E-state index in [1.165, 1.54) is 22.3 Å². The molecule has 0 aliphatic carbocycles. The van der Waals surface area contributed by atoms with Crippen LogP contribution in [0, 0.1) is 13.8 Å². The van der Waals surface area contributed by atoms with Crippen LogP contribution in [0.3, 0.4) is 0 Å². The van der Waals surface area contributed by atoms with Crippen LogP contribution < -0.4 is 10.1 Å². The van der Waals surface area contributed by atoms with Crippen molar-refractivity contribution in [1.29, 1.82) is 0 Å². The summed E-state index contributed by atoms with van der Waals surface area (Å²) in [5.41, 5.74) is 5.19. The zero-order valence-corrected chi connectivity index (χ0v) is 16.7. The molecule has 1 amide bonds. The Hall–Kier alpha value is -2.29. The molecule has 0 unspecified atom stereocenters. The first-order valence-corrected chi connectivity index (χ1v) is 9.32. The molecule has 26 heavy (non-hydrogen) atoms. The van der Waals surface area contributed by atoms with E-state index in [1.807, 2.05) is 12.1 Å². The van der Waals surface area contributed by atoms with E-state index >= 15 is 0 Å². The van der Waals surface area contributed by atoms with Crippen molar-refractivity contribution in [1.82, 2.24) is 5.32 Å². The van der Waals surface area contributed by atoms with E-state index < -0.39 is 0 Å². The summed E-state index contributed by atoms with van der Waals surface area (Å²) < 4.78 is 5.70. The molecule has 0 aliphatic rings. The number of aryl methyl sites for hydroxylation is 3. The Bertz CT molecular complexity index is 727. The van der Waals surface area contributed by atoms with Crippen LogP contribution in [0.1, 0.15) is 49.4 Å². The maximum absolute atomic E-state index is 12.0. The summed E-state index contributed by atoms with van der Waals surface area (Å²) >= 11 is 0. The van der Waals surface area contributed by atoms with Crippen molar-refractivity contribution >= 4 is 5.91 Å². The molecule has 1 N–H and O–H groups in total. The lowest BCUT2D eigenvalue weighted by Gasteiger charge is -2.19. The third-order valence-corrected chi connectivity index (χ3v) is 4.63. The highest BCUT2D eigenvalue weighted by atomic mass is 16.5. The first-order valence-electron chi connectivity index (χ1n) is 9.32. The summed E-state index contributed by atoms with van der Waals surface area (Å²) in [6.45, 7) is 11.8. The molecule has 2 aromatic carbocycles. The van der Waals surface area contributed by atoms with Crippen LogP contribution in [0.15, 0.2) is 42.5 Å². The highest BCUT2D eigenvalue weighted by Gasteiger charge is 2.12. The van der Waals surface area contributed by atoms with Gasteiger partial charge in [-0.15, -0.1) is 0 Å². The highest BCUT2D eigenvalue weighted by Crippen LogP contribution is 2.24. The second-order valence-corrected chi connectivity index (χ2v) is 7.89. The van der Waals surface area contributed by atoms with Gasteiger partial charge in [0.25, 0.3) is 0 Å². The molecule has 0 heterocycles.